The second-order valence-corrected chi connectivity index (χ2v) is 10.2. The van der Waals surface area contributed by atoms with Crippen LogP contribution in [0.3, 0.4) is 0 Å². The van der Waals surface area contributed by atoms with Crippen molar-refractivity contribution in [3.8, 4) is 5.75 Å². The molecule has 0 radical (unpaired) electrons. The molecule has 1 saturated heterocycles. The van der Waals surface area contributed by atoms with E-state index >= 15 is 0 Å². The Kier molecular flexibility index (Phi) is 5.42. The van der Waals surface area contributed by atoms with Crippen molar-refractivity contribution in [2.45, 2.75) is 23.2 Å². The minimum absolute atomic E-state index is 0.112. The molecule has 1 atom stereocenters. The van der Waals surface area contributed by atoms with Gasteiger partial charge in [-0.05, 0) is 47.0 Å². The fourth-order valence-electron chi connectivity index (χ4n) is 2.59. The number of carbonyl (C=O) groups excluding carboxylic acids is 1. The van der Waals surface area contributed by atoms with E-state index in [1.165, 1.54) is 27.9 Å². The van der Waals surface area contributed by atoms with Gasteiger partial charge in [0.15, 0.2) is 0 Å². The average Bonchev–Trinajstić information content (AvgIpc) is 3.03. The highest BCUT2D eigenvalue weighted by molar-refractivity contribution is 9.11. The molecule has 2 aromatic rings. The fourth-order valence-corrected chi connectivity index (χ4v) is 6.27. The van der Waals surface area contributed by atoms with Crippen molar-refractivity contribution in [1.29, 1.82) is 0 Å². The average molecular weight is 446 g/mol. The molecule has 1 amide bonds. The first-order valence-electron chi connectivity index (χ1n) is 7.54. The first-order valence-corrected chi connectivity index (χ1v) is 10.6. The van der Waals surface area contributed by atoms with Gasteiger partial charge in [-0.3, -0.25) is 9.78 Å². The predicted molar refractivity (Wildman–Crippen MR) is 97.2 cm³/mol. The zero-order chi connectivity index (χ0) is 18.0. The van der Waals surface area contributed by atoms with E-state index in [1.807, 2.05) is 0 Å². The lowest BCUT2D eigenvalue weighted by molar-refractivity contribution is 0.0993. The van der Waals surface area contributed by atoms with Crippen LogP contribution in [0, 0.1) is 0 Å². The number of hydrogen-bond donors (Lipinski definition) is 1. The minimum atomic E-state index is -3.53. The first-order chi connectivity index (χ1) is 11.9. The summed E-state index contributed by atoms with van der Waals surface area (Å²) in [5.74, 6) is -0.187. The standard InChI is InChI=1S/C15H16BrN3O4S2/c16-13-3-4-14(24-13)25(21,22)19-7-1-2-11(9-19)23-10-5-6-18-12(8-10)15(17)20/h3-6,8,11H,1-2,7,9H2,(H2,17,20). The van der Waals surface area contributed by atoms with Crippen molar-refractivity contribution in [1.82, 2.24) is 9.29 Å². The van der Waals surface area contributed by atoms with Crippen molar-refractivity contribution in [2.24, 2.45) is 5.73 Å². The van der Waals surface area contributed by atoms with Crippen LogP contribution in [-0.2, 0) is 10.0 Å². The second-order valence-electron chi connectivity index (χ2n) is 5.54. The number of nitrogens with two attached hydrogens (primary N) is 1. The van der Waals surface area contributed by atoms with Crippen molar-refractivity contribution < 1.29 is 17.9 Å². The van der Waals surface area contributed by atoms with E-state index in [-0.39, 0.29) is 18.3 Å². The first kappa shape index (κ1) is 18.3. The van der Waals surface area contributed by atoms with Crippen LogP contribution in [0.15, 0.2) is 38.5 Å². The molecule has 0 aliphatic carbocycles. The van der Waals surface area contributed by atoms with Crippen molar-refractivity contribution in [2.75, 3.05) is 13.1 Å². The number of primary amides is 1. The summed E-state index contributed by atoms with van der Waals surface area (Å²) < 4.78 is 33.8. The van der Waals surface area contributed by atoms with Crippen molar-refractivity contribution >= 4 is 43.2 Å². The topological polar surface area (TPSA) is 103 Å². The van der Waals surface area contributed by atoms with Gasteiger partial charge < -0.3 is 10.5 Å². The summed E-state index contributed by atoms with van der Waals surface area (Å²) in [4.78, 5) is 15.1. The number of pyridine rings is 1. The van der Waals surface area contributed by atoms with Gasteiger partial charge in [0.25, 0.3) is 15.9 Å². The van der Waals surface area contributed by atoms with Crippen LogP contribution >= 0.6 is 27.3 Å². The van der Waals surface area contributed by atoms with Crippen LogP contribution in [0.5, 0.6) is 5.75 Å². The summed E-state index contributed by atoms with van der Waals surface area (Å²) in [5.41, 5.74) is 5.33. The number of halogens is 1. The lowest BCUT2D eigenvalue weighted by Gasteiger charge is -2.31. The van der Waals surface area contributed by atoms with E-state index in [1.54, 1.807) is 18.2 Å². The Morgan fingerprint density at radius 1 is 1.40 bits per heavy atom. The van der Waals surface area contributed by atoms with Gasteiger partial charge in [-0.1, -0.05) is 0 Å². The summed E-state index contributed by atoms with van der Waals surface area (Å²) in [6.07, 6.45) is 2.57. The molecule has 10 heteroatoms. The molecule has 1 unspecified atom stereocenters. The Balaban J connectivity index is 1.73. The van der Waals surface area contributed by atoms with Crippen LogP contribution in [0.2, 0.25) is 0 Å². The van der Waals surface area contributed by atoms with E-state index in [9.17, 15) is 13.2 Å². The van der Waals surface area contributed by atoms with Crippen LogP contribution < -0.4 is 10.5 Å². The molecule has 134 valence electrons. The Morgan fingerprint density at radius 2 is 2.20 bits per heavy atom. The fraction of sp³-hybridized carbons (Fsp3) is 0.333. The van der Waals surface area contributed by atoms with Gasteiger partial charge >= 0.3 is 0 Å². The molecule has 0 saturated carbocycles. The number of hydrogen-bond acceptors (Lipinski definition) is 6. The lowest BCUT2D eigenvalue weighted by Crippen LogP contribution is -2.44. The van der Waals surface area contributed by atoms with Gasteiger partial charge in [0, 0.05) is 18.8 Å². The number of thiophene rings is 1. The predicted octanol–water partition coefficient (Wildman–Crippen LogP) is 2.24. The minimum Gasteiger partial charge on any atom is -0.489 e. The summed E-state index contributed by atoms with van der Waals surface area (Å²) in [6.45, 7) is 0.715. The van der Waals surface area contributed by atoms with Gasteiger partial charge in [0.2, 0.25) is 0 Å². The number of rotatable bonds is 5. The molecule has 0 aromatic carbocycles. The maximum absolute atomic E-state index is 12.7. The Hall–Kier alpha value is -1.49. The Bertz CT molecular complexity index is 884. The number of amides is 1. The second kappa shape index (κ2) is 7.40. The number of carbonyl (C=O) groups is 1. The highest BCUT2D eigenvalue weighted by Gasteiger charge is 2.32. The Labute approximate surface area is 158 Å². The molecule has 1 aliphatic heterocycles. The van der Waals surface area contributed by atoms with E-state index in [4.69, 9.17) is 10.5 Å². The van der Waals surface area contributed by atoms with Gasteiger partial charge in [-0.15, -0.1) is 11.3 Å². The molecule has 1 fully saturated rings. The zero-order valence-corrected chi connectivity index (χ0v) is 16.3. The number of sulfonamides is 1. The number of nitrogens with zero attached hydrogens (tertiary/aromatic N) is 2. The van der Waals surface area contributed by atoms with Crippen LogP contribution in [-0.4, -0.2) is 42.8 Å². The highest BCUT2D eigenvalue weighted by Crippen LogP contribution is 2.30. The van der Waals surface area contributed by atoms with Gasteiger partial charge in [-0.2, -0.15) is 4.31 Å². The molecule has 3 heterocycles. The molecular weight excluding hydrogens is 430 g/mol. The van der Waals surface area contributed by atoms with E-state index in [0.717, 1.165) is 10.2 Å². The maximum Gasteiger partial charge on any atom is 0.267 e. The quantitative estimate of drug-likeness (QED) is 0.759. The smallest absolute Gasteiger partial charge is 0.267 e. The molecule has 2 N–H and O–H groups in total. The summed E-state index contributed by atoms with van der Waals surface area (Å²) in [7, 11) is -3.53. The number of aromatic nitrogens is 1. The van der Waals surface area contributed by atoms with Crippen LogP contribution in [0.4, 0.5) is 0 Å². The molecule has 7 nitrogen and oxygen atoms in total. The van der Waals surface area contributed by atoms with Crippen molar-refractivity contribution in [3.05, 3.63) is 39.9 Å². The van der Waals surface area contributed by atoms with E-state index < -0.39 is 15.9 Å². The Morgan fingerprint density at radius 3 is 2.88 bits per heavy atom. The van der Waals surface area contributed by atoms with E-state index in [0.29, 0.717) is 22.9 Å². The third-order valence-corrected chi connectivity index (χ3v) is 7.73. The van der Waals surface area contributed by atoms with Crippen LogP contribution in [0.1, 0.15) is 23.3 Å². The molecule has 2 aromatic heterocycles. The maximum atomic E-state index is 12.7. The van der Waals surface area contributed by atoms with Crippen molar-refractivity contribution in [3.63, 3.8) is 0 Å². The van der Waals surface area contributed by atoms with Gasteiger partial charge in [0.1, 0.15) is 21.8 Å². The third-order valence-electron chi connectivity index (χ3n) is 3.77. The highest BCUT2D eigenvalue weighted by atomic mass is 79.9. The van der Waals surface area contributed by atoms with E-state index in [2.05, 4.69) is 20.9 Å². The summed E-state index contributed by atoms with van der Waals surface area (Å²) in [6, 6.07) is 6.40. The SMILES string of the molecule is NC(=O)c1cc(OC2CCCN(S(=O)(=O)c3ccc(Br)s3)C2)ccn1. The molecule has 25 heavy (non-hydrogen) atoms. The van der Waals surface area contributed by atoms with Gasteiger partial charge in [0.05, 0.1) is 10.3 Å². The largest absolute Gasteiger partial charge is 0.489 e. The molecular formula is C15H16BrN3O4S2. The molecule has 0 bridgehead atoms. The zero-order valence-electron chi connectivity index (χ0n) is 13.1. The third kappa shape index (κ3) is 4.20. The molecule has 0 spiro atoms. The normalized spacial score (nSPS) is 18.8. The summed E-state index contributed by atoms with van der Waals surface area (Å²) >= 11 is 4.48. The number of ether oxygens (including phenoxy) is 1. The molecule has 3 rings (SSSR count). The molecule has 1 aliphatic rings. The monoisotopic (exact) mass is 445 g/mol. The number of piperidine rings is 1. The van der Waals surface area contributed by atoms with Gasteiger partial charge in [-0.25, -0.2) is 8.42 Å². The van der Waals surface area contributed by atoms with Crippen LogP contribution in [0.25, 0.3) is 0 Å². The lowest BCUT2D eigenvalue weighted by atomic mass is 10.1. The summed E-state index contributed by atoms with van der Waals surface area (Å²) in [5, 5.41) is 0.